The Labute approximate surface area is 162 Å². The Balaban J connectivity index is 1.57. The third-order valence-electron chi connectivity index (χ3n) is 5.03. The van der Waals surface area contributed by atoms with Gasteiger partial charge in [-0.1, -0.05) is 0 Å². The molecule has 4 heterocycles. The number of pyridine rings is 2. The first-order chi connectivity index (χ1) is 13.7. The molecule has 146 valence electrons. The van der Waals surface area contributed by atoms with Crippen LogP contribution in [0.4, 0.5) is 5.69 Å². The molecule has 0 saturated carbocycles. The summed E-state index contributed by atoms with van der Waals surface area (Å²) in [5.41, 5.74) is 1.59. The number of aromatic nitrogens is 6. The van der Waals surface area contributed by atoms with Crippen molar-refractivity contribution in [3.63, 3.8) is 0 Å². The molecule has 1 aliphatic heterocycles. The maximum atomic E-state index is 12.7. The molecule has 1 saturated heterocycles. The van der Waals surface area contributed by atoms with Gasteiger partial charge in [0.05, 0.1) is 13.3 Å². The molecule has 1 atom stereocenters. The summed E-state index contributed by atoms with van der Waals surface area (Å²) >= 11 is 0. The summed E-state index contributed by atoms with van der Waals surface area (Å²) in [5.74, 6) is 1.04. The number of ether oxygens (including phenoxy) is 1. The summed E-state index contributed by atoms with van der Waals surface area (Å²) in [6.07, 6.45) is 8.26. The van der Waals surface area contributed by atoms with Gasteiger partial charge in [-0.15, -0.1) is 15.0 Å². The lowest BCUT2D eigenvalue weighted by molar-refractivity contribution is 0.364. The number of anilines is 1. The SMILES string of the molecule is COc1cncc(-c2nnn(C(C)n3ccc(N4CCCCC4)cc3=O)n2)c1. The number of tetrazole rings is 1. The average Bonchev–Trinajstić information content (AvgIpc) is 3.24. The van der Waals surface area contributed by atoms with Crippen molar-refractivity contribution in [3.8, 4) is 17.1 Å². The molecule has 0 spiro atoms. The van der Waals surface area contributed by atoms with Crippen LogP contribution in [-0.4, -0.2) is 50.0 Å². The lowest BCUT2D eigenvalue weighted by atomic mass is 10.1. The van der Waals surface area contributed by atoms with Crippen molar-refractivity contribution in [2.24, 2.45) is 0 Å². The van der Waals surface area contributed by atoms with E-state index >= 15 is 0 Å². The molecule has 1 unspecified atom stereocenters. The molecule has 0 N–H and O–H groups in total. The van der Waals surface area contributed by atoms with Gasteiger partial charge in [0.1, 0.15) is 11.9 Å². The number of methoxy groups -OCH3 is 1. The van der Waals surface area contributed by atoms with Gasteiger partial charge in [-0.25, -0.2) is 0 Å². The highest BCUT2D eigenvalue weighted by Crippen LogP contribution is 2.20. The third kappa shape index (κ3) is 3.60. The first-order valence-corrected chi connectivity index (χ1v) is 9.42. The van der Waals surface area contributed by atoms with Crippen LogP contribution < -0.4 is 15.2 Å². The van der Waals surface area contributed by atoms with Gasteiger partial charge in [0, 0.05) is 42.8 Å². The van der Waals surface area contributed by atoms with Crippen molar-refractivity contribution in [3.05, 3.63) is 47.1 Å². The zero-order chi connectivity index (χ0) is 19.5. The van der Waals surface area contributed by atoms with E-state index < -0.39 is 6.17 Å². The molecule has 4 rings (SSSR count). The molecule has 0 aliphatic carbocycles. The molecular formula is C19H23N7O2. The fourth-order valence-electron chi connectivity index (χ4n) is 3.40. The van der Waals surface area contributed by atoms with Gasteiger partial charge in [0.2, 0.25) is 5.82 Å². The smallest absolute Gasteiger partial charge is 0.254 e. The van der Waals surface area contributed by atoms with Gasteiger partial charge in [0.15, 0.2) is 0 Å². The predicted molar refractivity (Wildman–Crippen MR) is 104 cm³/mol. The second-order valence-electron chi connectivity index (χ2n) is 6.86. The van der Waals surface area contributed by atoms with E-state index in [0.717, 1.165) is 18.8 Å². The number of nitrogens with zero attached hydrogens (tertiary/aromatic N) is 7. The lowest BCUT2D eigenvalue weighted by Gasteiger charge is -2.29. The van der Waals surface area contributed by atoms with Gasteiger partial charge < -0.3 is 9.64 Å². The Morgan fingerprint density at radius 2 is 1.96 bits per heavy atom. The summed E-state index contributed by atoms with van der Waals surface area (Å²) in [6.45, 7) is 3.86. The van der Waals surface area contributed by atoms with Gasteiger partial charge in [0.25, 0.3) is 5.56 Å². The molecule has 0 bridgehead atoms. The fraction of sp³-hybridized carbons (Fsp3) is 0.421. The van der Waals surface area contributed by atoms with Gasteiger partial charge in [-0.05, 0) is 43.5 Å². The van der Waals surface area contributed by atoms with Crippen LogP contribution in [0.2, 0.25) is 0 Å². The van der Waals surface area contributed by atoms with Crippen LogP contribution in [0.25, 0.3) is 11.4 Å². The minimum Gasteiger partial charge on any atom is -0.495 e. The molecular weight excluding hydrogens is 358 g/mol. The number of hydrogen-bond donors (Lipinski definition) is 0. The van der Waals surface area contributed by atoms with Crippen molar-refractivity contribution in [2.75, 3.05) is 25.1 Å². The highest BCUT2D eigenvalue weighted by molar-refractivity contribution is 5.54. The number of hydrogen-bond acceptors (Lipinski definition) is 7. The van der Waals surface area contributed by atoms with E-state index in [0.29, 0.717) is 17.1 Å². The zero-order valence-corrected chi connectivity index (χ0v) is 16.0. The Kier molecular flexibility index (Phi) is 5.05. The highest BCUT2D eigenvalue weighted by atomic mass is 16.5. The molecule has 9 nitrogen and oxygen atoms in total. The van der Waals surface area contributed by atoms with Crippen molar-refractivity contribution in [1.82, 2.24) is 29.8 Å². The maximum absolute atomic E-state index is 12.7. The quantitative estimate of drug-likeness (QED) is 0.667. The topological polar surface area (TPSA) is 91.0 Å². The third-order valence-corrected chi connectivity index (χ3v) is 5.03. The Hall–Kier alpha value is -3.23. The number of rotatable bonds is 5. The lowest BCUT2D eigenvalue weighted by Crippen LogP contribution is -2.32. The molecule has 1 fully saturated rings. The molecule has 0 radical (unpaired) electrons. The van der Waals surface area contributed by atoms with Crippen molar-refractivity contribution in [1.29, 1.82) is 0 Å². The first kappa shape index (κ1) is 18.1. The summed E-state index contributed by atoms with van der Waals surface area (Å²) in [7, 11) is 1.58. The van der Waals surface area contributed by atoms with E-state index in [-0.39, 0.29) is 5.56 Å². The molecule has 0 aromatic carbocycles. The summed E-state index contributed by atoms with van der Waals surface area (Å²) in [4.78, 5) is 20.5. The molecule has 9 heteroatoms. The highest BCUT2D eigenvalue weighted by Gasteiger charge is 2.16. The van der Waals surface area contributed by atoms with E-state index in [1.54, 1.807) is 42.4 Å². The summed E-state index contributed by atoms with van der Waals surface area (Å²) in [5, 5.41) is 12.6. The average molecular weight is 381 g/mol. The summed E-state index contributed by atoms with van der Waals surface area (Å²) in [6, 6.07) is 5.46. The molecule has 1 aliphatic rings. The van der Waals surface area contributed by atoms with Crippen LogP contribution in [0.1, 0.15) is 32.4 Å². The second kappa shape index (κ2) is 7.79. The van der Waals surface area contributed by atoms with Crippen LogP contribution in [0.5, 0.6) is 5.75 Å². The standard InChI is InChI=1S/C19H23N7O2/c1-14(25-9-6-16(11-18(25)27)24-7-4-3-5-8-24)26-22-19(21-23-26)15-10-17(28-2)13-20-12-15/h6,9-14H,3-5,7-8H2,1-2H3. The second-order valence-corrected chi connectivity index (χ2v) is 6.86. The van der Waals surface area contributed by atoms with E-state index in [4.69, 9.17) is 4.74 Å². The minimum absolute atomic E-state index is 0.0857. The first-order valence-electron chi connectivity index (χ1n) is 9.42. The minimum atomic E-state index is -0.400. The van der Waals surface area contributed by atoms with E-state index in [9.17, 15) is 4.79 Å². The van der Waals surface area contributed by atoms with Crippen LogP contribution in [0.15, 0.2) is 41.6 Å². The molecule has 3 aromatic heterocycles. The monoisotopic (exact) mass is 381 g/mol. The maximum Gasteiger partial charge on any atom is 0.254 e. The molecule has 0 amide bonds. The summed E-state index contributed by atoms with van der Waals surface area (Å²) < 4.78 is 6.78. The van der Waals surface area contributed by atoms with E-state index in [1.807, 2.05) is 13.0 Å². The van der Waals surface area contributed by atoms with Crippen molar-refractivity contribution < 1.29 is 4.74 Å². The molecule has 3 aromatic rings. The van der Waals surface area contributed by atoms with Gasteiger partial charge in [-0.2, -0.15) is 0 Å². The van der Waals surface area contributed by atoms with Crippen LogP contribution in [0, 0.1) is 0 Å². The Morgan fingerprint density at radius 3 is 2.71 bits per heavy atom. The normalized spacial score (nSPS) is 15.4. The van der Waals surface area contributed by atoms with Gasteiger partial charge in [-0.3, -0.25) is 14.3 Å². The molecule has 28 heavy (non-hydrogen) atoms. The van der Waals surface area contributed by atoms with Gasteiger partial charge >= 0.3 is 0 Å². The largest absolute Gasteiger partial charge is 0.495 e. The Morgan fingerprint density at radius 1 is 1.14 bits per heavy atom. The Bertz CT molecular complexity index is 1010. The zero-order valence-electron chi connectivity index (χ0n) is 16.0. The predicted octanol–water partition coefficient (Wildman–Crippen LogP) is 1.96. The van der Waals surface area contributed by atoms with Crippen molar-refractivity contribution in [2.45, 2.75) is 32.4 Å². The van der Waals surface area contributed by atoms with Crippen LogP contribution in [-0.2, 0) is 0 Å². The fourth-order valence-corrected chi connectivity index (χ4v) is 3.40. The van der Waals surface area contributed by atoms with Crippen LogP contribution in [0.3, 0.4) is 0 Å². The number of piperidine rings is 1. The van der Waals surface area contributed by atoms with Crippen LogP contribution >= 0.6 is 0 Å². The van der Waals surface area contributed by atoms with E-state index in [1.165, 1.54) is 24.1 Å². The van der Waals surface area contributed by atoms with E-state index in [2.05, 4.69) is 25.3 Å². The van der Waals surface area contributed by atoms with Crippen molar-refractivity contribution >= 4 is 5.69 Å².